The molecule has 0 unspecified atom stereocenters. The molecule has 0 aliphatic heterocycles. The number of nitrogens with one attached hydrogen (secondary N) is 1. The maximum Gasteiger partial charge on any atom is 0.258 e. The van der Waals surface area contributed by atoms with Crippen LogP contribution < -0.4 is 14.8 Å². The summed E-state index contributed by atoms with van der Waals surface area (Å²) in [6.07, 6.45) is 1.32. The molecule has 1 aromatic carbocycles. The molecule has 2 heterocycles. The molecule has 0 spiro atoms. The Kier molecular flexibility index (Phi) is 4.75. The standard InChI is InChI=1S/C15H11Cl2N3O3S/c1-22-7-3-9(11(16)10(4-7)23-2)20-15(21)8-5-24-13-12(8)18-6-19-14(13)17/h3-6H,1-2H3,(H,20,21). The average molecular weight is 384 g/mol. The monoisotopic (exact) mass is 383 g/mol. The maximum atomic E-state index is 12.6. The van der Waals surface area contributed by atoms with Gasteiger partial charge in [0.2, 0.25) is 0 Å². The molecule has 1 amide bonds. The lowest BCUT2D eigenvalue weighted by Crippen LogP contribution is -2.12. The van der Waals surface area contributed by atoms with Crippen LogP contribution in [-0.2, 0) is 0 Å². The van der Waals surface area contributed by atoms with E-state index in [1.54, 1.807) is 17.5 Å². The van der Waals surface area contributed by atoms with E-state index < -0.39 is 0 Å². The first-order valence-corrected chi connectivity index (χ1v) is 8.29. The number of carbonyl (C=O) groups is 1. The number of hydrogen-bond acceptors (Lipinski definition) is 6. The summed E-state index contributed by atoms with van der Waals surface area (Å²) in [6, 6.07) is 3.24. The fraction of sp³-hybridized carbons (Fsp3) is 0.133. The Labute approximate surface area is 151 Å². The van der Waals surface area contributed by atoms with Crippen molar-refractivity contribution < 1.29 is 14.3 Å². The van der Waals surface area contributed by atoms with Gasteiger partial charge in [-0.05, 0) is 0 Å². The highest BCUT2D eigenvalue weighted by Crippen LogP contribution is 2.37. The third-order valence-electron chi connectivity index (χ3n) is 3.27. The number of anilines is 1. The molecule has 3 aromatic rings. The van der Waals surface area contributed by atoms with E-state index in [0.717, 1.165) is 0 Å². The van der Waals surface area contributed by atoms with Gasteiger partial charge in [-0.3, -0.25) is 4.79 Å². The van der Waals surface area contributed by atoms with Crippen LogP contribution in [0.25, 0.3) is 10.2 Å². The van der Waals surface area contributed by atoms with Crippen molar-refractivity contribution in [1.29, 1.82) is 0 Å². The molecule has 0 aliphatic carbocycles. The zero-order valence-corrected chi connectivity index (χ0v) is 14.9. The Morgan fingerprint density at radius 3 is 2.71 bits per heavy atom. The molecule has 24 heavy (non-hydrogen) atoms. The van der Waals surface area contributed by atoms with Gasteiger partial charge in [-0.2, -0.15) is 0 Å². The molecule has 0 atom stereocenters. The van der Waals surface area contributed by atoms with Gasteiger partial charge in [0.15, 0.2) is 0 Å². The second-order valence-corrected chi connectivity index (χ2v) is 6.25. The normalized spacial score (nSPS) is 10.7. The van der Waals surface area contributed by atoms with Crippen molar-refractivity contribution >= 4 is 56.3 Å². The first kappa shape index (κ1) is 16.8. The van der Waals surface area contributed by atoms with Gasteiger partial charge in [-0.15, -0.1) is 11.3 Å². The van der Waals surface area contributed by atoms with Crippen molar-refractivity contribution in [3.05, 3.63) is 39.6 Å². The lowest BCUT2D eigenvalue weighted by molar-refractivity contribution is 0.102. The van der Waals surface area contributed by atoms with Gasteiger partial charge in [0, 0.05) is 17.5 Å². The molecule has 1 N–H and O–H groups in total. The molecule has 0 saturated carbocycles. The number of benzene rings is 1. The highest BCUT2D eigenvalue weighted by Gasteiger charge is 2.18. The SMILES string of the molecule is COc1cc(NC(=O)c2csc3c(Cl)ncnc23)c(Cl)c(OC)c1. The van der Waals surface area contributed by atoms with Crippen molar-refractivity contribution in [3.63, 3.8) is 0 Å². The number of rotatable bonds is 4. The van der Waals surface area contributed by atoms with Crippen LogP contribution >= 0.6 is 34.5 Å². The van der Waals surface area contributed by atoms with Crippen molar-refractivity contribution in [2.75, 3.05) is 19.5 Å². The minimum absolute atomic E-state index is 0.277. The van der Waals surface area contributed by atoms with E-state index in [2.05, 4.69) is 15.3 Å². The van der Waals surface area contributed by atoms with Gasteiger partial charge in [-0.1, -0.05) is 23.2 Å². The molecule has 3 rings (SSSR count). The molecule has 0 radical (unpaired) electrons. The fourth-order valence-electron chi connectivity index (χ4n) is 2.10. The summed E-state index contributed by atoms with van der Waals surface area (Å²) < 4.78 is 11.0. The largest absolute Gasteiger partial charge is 0.497 e. The van der Waals surface area contributed by atoms with Crippen LogP contribution in [0.2, 0.25) is 10.2 Å². The number of hydrogen-bond donors (Lipinski definition) is 1. The van der Waals surface area contributed by atoms with Crippen LogP contribution in [0.5, 0.6) is 11.5 Å². The Balaban J connectivity index is 1.99. The van der Waals surface area contributed by atoms with Gasteiger partial charge in [-0.25, -0.2) is 9.97 Å². The number of halogens is 2. The van der Waals surface area contributed by atoms with Crippen molar-refractivity contribution in [1.82, 2.24) is 9.97 Å². The predicted octanol–water partition coefficient (Wildman–Crippen LogP) is 4.27. The Morgan fingerprint density at radius 2 is 2.00 bits per heavy atom. The van der Waals surface area contributed by atoms with E-state index >= 15 is 0 Å². The summed E-state index contributed by atoms with van der Waals surface area (Å²) in [5, 5.41) is 5.01. The van der Waals surface area contributed by atoms with Crippen LogP contribution in [-0.4, -0.2) is 30.1 Å². The summed E-state index contributed by atoms with van der Waals surface area (Å²) in [4.78, 5) is 20.6. The minimum atomic E-state index is -0.367. The Hall–Kier alpha value is -2.09. The molecular formula is C15H11Cl2N3O3S. The summed E-state index contributed by atoms with van der Waals surface area (Å²) in [5.74, 6) is 0.534. The first-order chi connectivity index (χ1) is 11.5. The van der Waals surface area contributed by atoms with Crippen LogP contribution in [0.4, 0.5) is 5.69 Å². The summed E-state index contributed by atoms with van der Waals surface area (Å²) in [5.41, 5.74) is 1.25. The molecule has 0 saturated heterocycles. The fourth-order valence-corrected chi connectivity index (χ4v) is 3.48. The predicted molar refractivity (Wildman–Crippen MR) is 94.9 cm³/mol. The summed E-state index contributed by atoms with van der Waals surface area (Å²) >= 11 is 13.6. The van der Waals surface area contributed by atoms with Crippen molar-refractivity contribution in [2.24, 2.45) is 0 Å². The Morgan fingerprint density at radius 1 is 1.21 bits per heavy atom. The average Bonchev–Trinajstić information content (AvgIpc) is 3.02. The topological polar surface area (TPSA) is 73.3 Å². The van der Waals surface area contributed by atoms with E-state index in [1.807, 2.05) is 0 Å². The minimum Gasteiger partial charge on any atom is -0.497 e. The van der Waals surface area contributed by atoms with Gasteiger partial charge >= 0.3 is 0 Å². The lowest BCUT2D eigenvalue weighted by atomic mass is 10.2. The molecular weight excluding hydrogens is 373 g/mol. The number of aromatic nitrogens is 2. The van der Waals surface area contributed by atoms with Crippen LogP contribution in [0.15, 0.2) is 23.8 Å². The molecule has 2 aromatic heterocycles. The van der Waals surface area contributed by atoms with E-state index in [0.29, 0.717) is 38.1 Å². The molecule has 0 bridgehead atoms. The van der Waals surface area contributed by atoms with Crippen molar-refractivity contribution in [3.8, 4) is 11.5 Å². The van der Waals surface area contributed by atoms with Gasteiger partial charge in [0.1, 0.15) is 28.0 Å². The van der Waals surface area contributed by atoms with Gasteiger partial charge in [0.25, 0.3) is 5.91 Å². The van der Waals surface area contributed by atoms with Crippen LogP contribution in [0, 0.1) is 0 Å². The number of fused-ring (bicyclic) bond motifs is 1. The Bertz CT molecular complexity index is 930. The second kappa shape index (κ2) is 6.80. The molecule has 0 fully saturated rings. The first-order valence-electron chi connectivity index (χ1n) is 6.65. The molecule has 124 valence electrons. The smallest absolute Gasteiger partial charge is 0.258 e. The third kappa shape index (κ3) is 2.98. The zero-order chi connectivity index (χ0) is 17.3. The van der Waals surface area contributed by atoms with E-state index in [9.17, 15) is 4.79 Å². The van der Waals surface area contributed by atoms with Gasteiger partial charge < -0.3 is 14.8 Å². The number of nitrogens with zero attached hydrogens (tertiary/aromatic N) is 2. The second-order valence-electron chi connectivity index (χ2n) is 4.64. The highest BCUT2D eigenvalue weighted by atomic mass is 35.5. The molecule has 6 nitrogen and oxygen atoms in total. The van der Waals surface area contributed by atoms with E-state index in [-0.39, 0.29) is 10.9 Å². The lowest BCUT2D eigenvalue weighted by Gasteiger charge is -2.12. The van der Waals surface area contributed by atoms with Crippen LogP contribution in [0.1, 0.15) is 10.4 Å². The zero-order valence-electron chi connectivity index (χ0n) is 12.6. The van der Waals surface area contributed by atoms with Gasteiger partial charge in [0.05, 0.1) is 35.7 Å². The molecule has 0 aliphatic rings. The number of carbonyl (C=O) groups excluding carboxylic acids is 1. The quantitative estimate of drug-likeness (QED) is 0.681. The number of ether oxygens (including phenoxy) is 2. The van der Waals surface area contributed by atoms with Crippen LogP contribution in [0.3, 0.4) is 0 Å². The van der Waals surface area contributed by atoms with E-state index in [4.69, 9.17) is 32.7 Å². The van der Waals surface area contributed by atoms with Crippen molar-refractivity contribution in [2.45, 2.75) is 0 Å². The third-order valence-corrected chi connectivity index (χ3v) is 5.04. The summed E-state index contributed by atoms with van der Waals surface area (Å²) in [7, 11) is 3.00. The molecule has 9 heteroatoms. The maximum absolute atomic E-state index is 12.6. The number of methoxy groups -OCH3 is 2. The highest BCUT2D eigenvalue weighted by molar-refractivity contribution is 7.18. The number of thiophene rings is 1. The van der Waals surface area contributed by atoms with E-state index in [1.165, 1.54) is 31.9 Å². The summed E-state index contributed by atoms with van der Waals surface area (Å²) in [6.45, 7) is 0. The number of amides is 1.